The van der Waals surface area contributed by atoms with Crippen molar-refractivity contribution in [2.24, 2.45) is 5.92 Å². The van der Waals surface area contributed by atoms with E-state index in [1.807, 2.05) is 12.3 Å². The molecule has 3 nitrogen and oxygen atoms in total. The van der Waals surface area contributed by atoms with Crippen molar-refractivity contribution in [3.05, 3.63) is 21.5 Å². The smallest absolute Gasteiger partial charge is 0.179 e. The monoisotopic (exact) mass is 311 g/mol. The van der Waals surface area contributed by atoms with Crippen LogP contribution >= 0.6 is 28.1 Å². The lowest BCUT2D eigenvalue weighted by Gasteiger charge is -2.26. The average molecular weight is 312 g/mol. The van der Waals surface area contributed by atoms with E-state index in [9.17, 15) is 0 Å². The SMILES string of the molecule is CC(C)(C1CC1)n1c(=S)[nH]c2cc(Br)cnc21. The molecule has 1 saturated carbocycles. The Morgan fingerprint density at radius 1 is 1.53 bits per heavy atom. The highest BCUT2D eigenvalue weighted by Crippen LogP contribution is 2.45. The number of hydrogen-bond acceptors (Lipinski definition) is 2. The maximum atomic E-state index is 5.44. The Morgan fingerprint density at radius 2 is 2.24 bits per heavy atom. The molecule has 0 atom stereocenters. The van der Waals surface area contributed by atoms with Crippen molar-refractivity contribution in [3.8, 4) is 0 Å². The van der Waals surface area contributed by atoms with Gasteiger partial charge in [0.15, 0.2) is 10.4 Å². The molecule has 1 aliphatic rings. The Labute approximate surface area is 113 Å². The second-order valence-corrected chi connectivity index (χ2v) is 6.52. The molecule has 2 aromatic rings. The predicted molar refractivity (Wildman–Crippen MR) is 74.7 cm³/mol. The second kappa shape index (κ2) is 3.65. The number of rotatable bonds is 2. The van der Waals surface area contributed by atoms with Crippen LogP contribution < -0.4 is 0 Å². The largest absolute Gasteiger partial charge is 0.329 e. The normalized spacial score (nSPS) is 16.6. The molecule has 2 heterocycles. The molecule has 5 heteroatoms. The van der Waals surface area contributed by atoms with Gasteiger partial charge in [0, 0.05) is 16.2 Å². The van der Waals surface area contributed by atoms with E-state index in [4.69, 9.17) is 12.2 Å². The minimum atomic E-state index is 0.0517. The zero-order chi connectivity index (χ0) is 12.2. The van der Waals surface area contributed by atoms with Crippen molar-refractivity contribution in [1.82, 2.24) is 14.5 Å². The zero-order valence-corrected chi connectivity index (χ0v) is 12.2. The molecule has 0 bridgehead atoms. The van der Waals surface area contributed by atoms with E-state index in [1.165, 1.54) is 12.8 Å². The van der Waals surface area contributed by atoms with Crippen LogP contribution in [0.2, 0.25) is 0 Å². The van der Waals surface area contributed by atoms with E-state index in [-0.39, 0.29) is 5.54 Å². The molecule has 0 amide bonds. The van der Waals surface area contributed by atoms with E-state index in [1.54, 1.807) is 0 Å². The maximum absolute atomic E-state index is 5.44. The van der Waals surface area contributed by atoms with Gasteiger partial charge < -0.3 is 4.98 Å². The standard InChI is InChI=1S/C12H14BrN3S/c1-12(2,7-3-4-7)16-10-9(15-11(16)17)5-8(13)6-14-10/h5-7H,3-4H2,1-2H3,(H,15,17). The fourth-order valence-corrected chi connectivity index (χ4v) is 3.24. The topological polar surface area (TPSA) is 33.6 Å². The Hall–Kier alpha value is -0.680. The molecule has 1 fully saturated rings. The molecule has 1 aliphatic carbocycles. The highest BCUT2D eigenvalue weighted by Gasteiger charge is 2.40. The number of hydrogen-bond donors (Lipinski definition) is 1. The van der Waals surface area contributed by atoms with E-state index in [2.05, 4.69) is 44.3 Å². The van der Waals surface area contributed by atoms with Crippen LogP contribution in [0.25, 0.3) is 11.2 Å². The fraction of sp³-hybridized carbons (Fsp3) is 0.500. The van der Waals surface area contributed by atoms with Gasteiger partial charge in [-0.15, -0.1) is 0 Å². The molecule has 0 radical (unpaired) electrons. The van der Waals surface area contributed by atoms with Crippen LogP contribution in [-0.4, -0.2) is 14.5 Å². The summed E-state index contributed by atoms with van der Waals surface area (Å²) >= 11 is 8.88. The number of H-pyrrole nitrogens is 1. The third-order valence-electron chi connectivity index (χ3n) is 3.64. The molecule has 0 unspecified atom stereocenters. The van der Waals surface area contributed by atoms with Crippen molar-refractivity contribution in [1.29, 1.82) is 0 Å². The van der Waals surface area contributed by atoms with Crippen molar-refractivity contribution >= 4 is 39.3 Å². The quantitative estimate of drug-likeness (QED) is 0.850. The maximum Gasteiger partial charge on any atom is 0.179 e. The summed E-state index contributed by atoms with van der Waals surface area (Å²) in [6, 6.07) is 2.03. The summed E-state index contributed by atoms with van der Waals surface area (Å²) in [6.07, 6.45) is 4.40. The lowest BCUT2D eigenvalue weighted by Crippen LogP contribution is -2.29. The highest BCUT2D eigenvalue weighted by atomic mass is 79.9. The molecule has 2 aromatic heterocycles. The van der Waals surface area contributed by atoms with Gasteiger partial charge in [-0.2, -0.15) is 0 Å². The van der Waals surface area contributed by atoms with Gasteiger partial charge in [-0.3, -0.25) is 4.57 Å². The number of fused-ring (bicyclic) bond motifs is 1. The van der Waals surface area contributed by atoms with Gasteiger partial charge in [0.05, 0.1) is 5.52 Å². The van der Waals surface area contributed by atoms with Crippen LogP contribution in [0.15, 0.2) is 16.7 Å². The fourth-order valence-electron chi connectivity index (χ4n) is 2.48. The van der Waals surface area contributed by atoms with Crippen LogP contribution in [0.4, 0.5) is 0 Å². The Morgan fingerprint density at radius 3 is 2.88 bits per heavy atom. The summed E-state index contributed by atoms with van der Waals surface area (Å²) in [4.78, 5) is 7.74. The number of halogens is 1. The summed E-state index contributed by atoms with van der Waals surface area (Å²) in [5.74, 6) is 0.721. The van der Waals surface area contributed by atoms with Crippen LogP contribution in [0.3, 0.4) is 0 Å². The Kier molecular flexibility index (Phi) is 2.45. The molecular formula is C12H14BrN3S. The van der Waals surface area contributed by atoms with Crippen molar-refractivity contribution in [2.75, 3.05) is 0 Å². The van der Waals surface area contributed by atoms with Crippen molar-refractivity contribution in [2.45, 2.75) is 32.2 Å². The second-order valence-electron chi connectivity index (χ2n) is 5.22. The van der Waals surface area contributed by atoms with Crippen LogP contribution in [0.1, 0.15) is 26.7 Å². The molecule has 3 rings (SSSR count). The van der Waals surface area contributed by atoms with E-state index >= 15 is 0 Å². The first-order valence-electron chi connectivity index (χ1n) is 5.77. The number of nitrogens with one attached hydrogen (secondary N) is 1. The summed E-state index contributed by atoms with van der Waals surface area (Å²) in [6.45, 7) is 4.49. The molecule has 1 N–H and O–H groups in total. The number of aromatic amines is 1. The lowest BCUT2D eigenvalue weighted by molar-refractivity contribution is 0.308. The summed E-state index contributed by atoms with van der Waals surface area (Å²) in [5.41, 5.74) is 2.00. The molecule has 0 aromatic carbocycles. The van der Waals surface area contributed by atoms with Gasteiger partial charge >= 0.3 is 0 Å². The third kappa shape index (κ3) is 1.76. The minimum Gasteiger partial charge on any atom is -0.329 e. The molecule has 0 saturated heterocycles. The van der Waals surface area contributed by atoms with E-state index < -0.39 is 0 Å². The number of imidazole rings is 1. The zero-order valence-electron chi connectivity index (χ0n) is 9.83. The van der Waals surface area contributed by atoms with Crippen LogP contribution in [-0.2, 0) is 5.54 Å². The van der Waals surface area contributed by atoms with Gasteiger partial charge in [-0.05, 0) is 66.8 Å². The molecule has 0 spiro atoms. The minimum absolute atomic E-state index is 0.0517. The average Bonchev–Trinajstić information content (AvgIpc) is 3.01. The first-order chi connectivity index (χ1) is 8.00. The molecule has 90 valence electrons. The molecule has 17 heavy (non-hydrogen) atoms. The Balaban J connectivity index is 2.28. The van der Waals surface area contributed by atoms with Gasteiger partial charge in [-0.1, -0.05) is 0 Å². The summed E-state index contributed by atoms with van der Waals surface area (Å²) in [7, 11) is 0. The summed E-state index contributed by atoms with van der Waals surface area (Å²) in [5, 5.41) is 0. The Bertz CT molecular complexity index is 637. The molecular weight excluding hydrogens is 298 g/mol. The van der Waals surface area contributed by atoms with Crippen LogP contribution in [0.5, 0.6) is 0 Å². The first kappa shape index (κ1) is 11.4. The van der Waals surface area contributed by atoms with E-state index in [0.717, 1.165) is 26.3 Å². The van der Waals surface area contributed by atoms with Gasteiger partial charge in [-0.25, -0.2) is 4.98 Å². The van der Waals surface area contributed by atoms with Crippen molar-refractivity contribution < 1.29 is 0 Å². The third-order valence-corrected chi connectivity index (χ3v) is 4.36. The van der Waals surface area contributed by atoms with Crippen LogP contribution in [0, 0.1) is 10.7 Å². The van der Waals surface area contributed by atoms with E-state index in [0.29, 0.717) is 0 Å². The number of nitrogens with zero attached hydrogens (tertiary/aromatic N) is 2. The first-order valence-corrected chi connectivity index (χ1v) is 6.97. The highest BCUT2D eigenvalue weighted by molar-refractivity contribution is 9.10. The predicted octanol–water partition coefficient (Wildman–Crippen LogP) is 4.00. The van der Waals surface area contributed by atoms with Gasteiger partial charge in [0.25, 0.3) is 0 Å². The number of aromatic nitrogens is 3. The van der Waals surface area contributed by atoms with Crippen molar-refractivity contribution in [3.63, 3.8) is 0 Å². The molecule has 0 aliphatic heterocycles. The lowest BCUT2D eigenvalue weighted by atomic mass is 9.98. The van der Waals surface area contributed by atoms with Gasteiger partial charge in [0.2, 0.25) is 0 Å². The summed E-state index contributed by atoms with van der Waals surface area (Å²) < 4.78 is 3.90. The van der Waals surface area contributed by atoms with Gasteiger partial charge in [0.1, 0.15) is 0 Å². The number of pyridine rings is 1.